The average Bonchev–Trinajstić information content (AvgIpc) is 3.02. The lowest BCUT2D eigenvalue weighted by Crippen LogP contribution is -2.37. The molecular weight excluding hydrogens is 354 g/mol. The molecular formula is C14H18BrN3S2. The van der Waals surface area contributed by atoms with E-state index in [-0.39, 0.29) is 0 Å². The highest BCUT2D eigenvalue weighted by Gasteiger charge is 2.01. The van der Waals surface area contributed by atoms with Crippen molar-refractivity contribution in [3.63, 3.8) is 0 Å². The number of aryl methyl sites for hydroxylation is 1. The first-order valence-corrected chi connectivity index (χ1v) is 8.84. The molecule has 108 valence electrons. The number of rotatable bonds is 5. The van der Waals surface area contributed by atoms with Crippen molar-refractivity contribution < 1.29 is 0 Å². The summed E-state index contributed by atoms with van der Waals surface area (Å²) in [6.07, 6.45) is 1.01. The van der Waals surface area contributed by atoms with Crippen LogP contribution in [0, 0.1) is 6.92 Å². The van der Waals surface area contributed by atoms with E-state index in [1.807, 2.05) is 11.3 Å². The third-order valence-corrected chi connectivity index (χ3v) is 5.43. The molecule has 0 aliphatic rings. The zero-order valence-electron chi connectivity index (χ0n) is 11.6. The summed E-state index contributed by atoms with van der Waals surface area (Å²) in [6.45, 7) is 3.83. The van der Waals surface area contributed by atoms with Crippen LogP contribution in [0.4, 0.5) is 0 Å². The van der Waals surface area contributed by atoms with Crippen LogP contribution in [0.5, 0.6) is 0 Å². The second-order valence-electron chi connectivity index (χ2n) is 4.32. The molecule has 0 unspecified atom stereocenters. The minimum atomic E-state index is 0.822. The van der Waals surface area contributed by atoms with Crippen LogP contribution in [0.1, 0.15) is 14.6 Å². The summed E-state index contributed by atoms with van der Waals surface area (Å²) in [5, 5.41) is 6.67. The van der Waals surface area contributed by atoms with Crippen molar-refractivity contribution in [2.45, 2.75) is 19.9 Å². The molecule has 3 nitrogen and oxygen atoms in total. The Morgan fingerprint density at radius 3 is 2.55 bits per heavy atom. The van der Waals surface area contributed by atoms with Gasteiger partial charge in [-0.2, -0.15) is 0 Å². The van der Waals surface area contributed by atoms with Crippen LogP contribution in [0.15, 0.2) is 33.0 Å². The number of nitrogens with one attached hydrogen (secondary N) is 2. The Morgan fingerprint density at radius 1 is 1.15 bits per heavy atom. The Bertz CT molecular complexity index is 574. The van der Waals surface area contributed by atoms with E-state index in [4.69, 9.17) is 0 Å². The van der Waals surface area contributed by atoms with Gasteiger partial charge in [0.15, 0.2) is 5.96 Å². The SMILES string of the molecule is CN=C(NCCc1ccc(Br)s1)NCc1ccc(C)s1. The van der Waals surface area contributed by atoms with Crippen LogP contribution in [0.3, 0.4) is 0 Å². The molecule has 0 saturated carbocycles. The number of hydrogen-bond donors (Lipinski definition) is 2. The number of nitrogens with zero attached hydrogens (tertiary/aromatic N) is 1. The molecule has 20 heavy (non-hydrogen) atoms. The van der Waals surface area contributed by atoms with E-state index < -0.39 is 0 Å². The summed E-state index contributed by atoms with van der Waals surface area (Å²) in [7, 11) is 1.80. The lowest BCUT2D eigenvalue weighted by molar-refractivity contribution is 0.804. The molecule has 2 aromatic rings. The van der Waals surface area contributed by atoms with E-state index in [2.05, 4.69) is 62.7 Å². The van der Waals surface area contributed by atoms with E-state index in [0.29, 0.717) is 0 Å². The fourth-order valence-electron chi connectivity index (χ4n) is 1.76. The highest BCUT2D eigenvalue weighted by molar-refractivity contribution is 9.11. The molecule has 0 amide bonds. The van der Waals surface area contributed by atoms with Crippen LogP contribution in [-0.4, -0.2) is 19.6 Å². The average molecular weight is 372 g/mol. The van der Waals surface area contributed by atoms with Crippen LogP contribution < -0.4 is 10.6 Å². The lowest BCUT2D eigenvalue weighted by Gasteiger charge is -2.10. The zero-order valence-corrected chi connectivity index (χ0v) is 14.8. The minimum Gasteiger partial charge on any atom is -0.356 e. The maximum absolute atomic E-state index is 4.24. The highest BCUT2D eigenvalue weighted by Crippen LogP contribution is 2.22. The number of guanidine groups is 1. The van der Waals surface area contributed by atoms with Gasteiger partial charge in [-0.15, -0.1) is 22.7 Å². The highest BCUT2D eigenvalue weighted by atomic mass is 79.9. The van der Waals surface area contributed by atoms with Gasteiger partial charge in [0.2, 0.25) is 0 Å². The van der Waals surface area contributed by atoms with Gasteiger partial charge in [0.1, 0.15) is 0 Å². The van der Waals surface area contributed by atoms with Crippen LogP contribution in [0.25, 0.3) is 0 Å². The van der Waals surface area contributed by atoms with Crippen molar-refractivity contribution in [3.05, 3.63) is 42.7 Å². The summed E-state index contributed by atoms with van der Waals surface area (Å²) < 4.78 is 1.18. The van der Waals surface area contributed by atoms with Gasteiger partial charge in [0, 0.05) is 28.2 Å². The van der Waals surface area contributed by atoms with Crippen molar-refractivity contribution in [1.82, 2.24) is 10.6 Å². The predicted octanol–water partition coefficient (Wildman–Crippen LogP) is 3.79. The zero-order chi connectivity index (χ0) is 14.4. The standard InChI is InChI=1S/C14H18BrN3S2/c1-10-3-4-12(19-10)9-18-14(16-2)17-8-7-11-5-6-13(15)20-11/h3-6H,7-9H2,1-2H3,(H2,16,17,18). The fraction of sp³-hybridized carbons (Fsp3) is 0.357. The monoisotopic (exact) mass is 371 g/mol. The van der Waals surface area contributed by atoms with Gasteiger partial charge in [-0.25, -0.2) is 0 Å². The maximum Gasteiger partial charge on any atom is 0.191 e. The number of halogens is 1. The molecule has 2 rings (SSSR count). The van der Waals surface area contributed by atoms with E-state index in [1.54, 1.807) is 18.4 Å². The largest absolute Gasteiger partial charge is 0.356 e. The summed E-state index contributed by atoms with van der Waals surface area (Å²) in [5.41, 5.74) is 0. The van der Waals surface area contributed by atoms with Gasteiger partial charge < -0.3 is 10.6 Å². The Hall–Kier alpha value is -0.850. The van der Waals surface area contributed by atoms with Gasteiger partial charge >= 0.3 is 0 Å². The maximum atomic E-state index is 4.24. The molecule has 6 heteroatoms. The lowest BCUT2D eigenvalue weighted by atomic mass is 10.3. The van der Waals surface area contributed by atoms with Crippen molar-refractivity contribution in [2.75, 3.05) is 13.6 Å². The van der Waals surface area contributed by atoms with Crippen molar-refractivity contribution in [2.24, 2.45) is 4.99 Å². The van der Waals surface area contributed by atoms with Crippen LogP contribution in [0.2, 0.25) is 0 Å². The van der Waals surface area contributed by atoms with E-state index >= 15 is 0 Å². The molecule has 2 heterocycles. The third kappa shape index (κ3) is 4.92. The molecule has 0 aliphatic carbocycles. The molecule has 0 aromatic carbocycles. The van der Waals surface area contributed by atoms with Crippen molar-refractivity contribution in [1.29, 1.82) is 0 Å². The molecule has 2 aromatic heterocycles. The first-order chi connectivity index (χ1) is 9.67. The first kappa shape index (κ1) is 15.5. The molecule has 0 bridgehead atoms. The Kier molecular flexibility index (Phi) is 6.06. The minimum absolute atomic E-state index is 0.822. The molecule has 0 aliphatic heterocycles. The van der Waals surface area contributed by atoms with Crippen LogP contribution >= 0.6 is 38.6 Å². The number of hydrogen-bond acceptors (Lipinski definition) is 3. The summed E-state index contributed by atoms with van der Waals surface area (Å²) in [4.78, 5) is 8.28. The Balaban J connectivity index is 1.72. The van der Waals surface area contributed by atoms with E-state index in [1.165, 1.54) is 18.4 Å². The van der Waals surface area contributed by atoms with Gasteiger partial charge in [0.05, 0.1) is 10.3 Å². The van der Waals surface area contributed by atoms with Crippen LogP contribution in [-0.2, 0) is 13.0 Å². The molecule has 0 fully saturated rings. The summed E-state index contributed by atoms with van der Waals surface area (Å²) in [6, 6.07) is 8.54. The van der Waals surface area contributed by atoms with Gasteiger partial charge in [-0.1, -0.05) is 0 Å². The third-order valence-electron chi connectivity index (χ3n) is 2.74. The van der Waals surface area contributed by atoms with Gasteiger partial charge in [-0.3, -0.25) is 4.99 Å². The first-order valence-electron chi connectivity index (χ1n) is 6.41. The smallest absolute Gasteiger partial charge is 0.191 e. The predicted molar refractivity (Wildman–Crippen MR) is 93.0 cm³/mol. The topological polar surface area (TPSA) is 36.4 Å². The van der Waals surface area contributed by atoms with E-state index in [0.717, 1.165) is 25.5 Å². The quantitative estimate of drug-likeness (QED) is 0.619. The molecule has 0 radical (unpaired) electrons. The number of thiophene rings is 2. The summed E-state index contributed by atoms with van der Waals surface area (Å²) in [5.74, 6) is 0.853. The normalized spacial score (nSPS) is 11.7. The molecule has 2 N–H and O–H groups in total. The van der Waals surface area contributed by atoms with Gasteiger partial charge in [0.25, 0.3) is 0 Å². The Morgan fingerprint density at radius 2 is 1.95 bits per heavy atom. The Labute approximate surface area is 136 Å². The van der Waals surface area contributed by atoms with Gasteiger partial charge in [-0.05, 0) is 53.5 Å². The van der Waals surface area contributed by atoms with E-state index in [9.17, 15) is 0 Å². The van der Waals surface area contributed by atoms with Crippen molar-refractivity contribution in [3.8, 4) is 0 Å². The summed E-state index contributed by atoms with van der Waals surface area (Å²) >= 11 is 7.08. The second kappa shape index (κ2) is 7.81. The number of aliphatic imine (C=N–C) groups is 1. The molecule has 0 spiro atoms. The van der Waals surface area contributed by atoms with Crippen molar-refractivity contribution >= 4 is 44.6 Å². The fourth-order valence-corrected chi connectivity index (χ4v) is 4.07. The molecule has 0 saturated heterocycles. The molecule has 0 atom stereocenters. The second-order valence-corrected chi connectivity index (χ2v) is 8.24.